The highest BCUT2D eigenvalue weighted by atomic mass is 35.5. The Bertz CT molecular complexity index is 575. The fraction of sp³-hybridized carbons (Fsp3) is 0.375. The molecule has 1 N–H and O–H groups in total. The van der Waals surface area contributed by atoms with Crippen LogP contribution in [0.2, 0.25) is 5.02 Å². The number of nitrogens with one attached hydrogen (secondary N) is 1. The van der Waals surface area contributed by atoms with Gasteiger partial charge in [-0.05, 0) is 30.2 Å². The topological polar surface area (TPSA) is 47.0 Å². The molecule has 1 heterocycles. The van der Waals surface area contributed by atoms with Crippen molar-refractivity contribution in [2.45, 2.75) is 27.0 Å². The summed E-state index contributed by atoms with van der Waals surface area (Å²) in [5.74, 6) is 1.14. The molecule has 0 saturated carbocycles. The SMILES string of the molecule is CC(C)CNCc1cncc(OCc2cccc(Cl)c2)n1. The number of hydrogen-bond acceptors (Lipinski definition) is 4. The smallest absolute Gasteiger partial charge is 0.232 e. The lowest BCUT2D eigenvalue weighted by Gasteiger charge is -2.09. The van der Waals surface area contributed by atoms with Gasteiger partial charge in [-0.1, -0.05) is 37.6 Å². The van der Waals surface area contributed by atoms with E-state index in [0.717, 1.165) is 17.8 Å². The van der Waals surface area contributed by atoms with Crippen LogP contribution >= 0.6 is 11.6 Å². The zero-order chi connectivity index (χ0) is 15.1. The van der Waals surface area contributed by atoms with Gasteiger partial charge >= 0.3 is 0 Å². The minimum absolute atomic E-state index is 0.429. The molecule has 0 spiro atoms. The molecule has 0 bridgehead atoms. The zero-order valence-electron chi connectivity index (χ0n) is 12.3. The maximum Gasteiger partial charge on any atom is 0.232 e. The number of benzene rings is 1. The van der Waals surface area contributed by atoms with Gasteiger partial charge in [0, 0.05) is 17.8 Å². The van der Waals surface area contributed by atoms with Crippen molar-refractivity contribution in [1.29, 1.82) is 0 Å². The summed E-state index contributed by atoms with van der Waals surface area (Å²) in [4.78, 5) is 8.59. The van der Waals surface area contributed by atoms with Crippen molar-refractivity contribution in [1.82, 2.24) is 15.3 Å². The van der Waals surface area contributed by atoms with E-state index >= 15 is 0 Å². The van der Waals surface area contributed by atoms with E-state index in [-0.39, 0.29) is 0 Å². The second-order valence-corrected chi connectivity index (χ2v) is 5.73. The van der Waals surface area contributed by atoms with Crippen LogP contribution < -0.4 is 10.1 Å². The van der Waals surface area contributed by atoms with Crippen LogP contribution in [-0.2, 0) is 13.2 Å². The second-order valence-electron chi connectivity index (χ2n) is 5.29. The van der Waals surface area contributed by atoms with Gasteiger partial charge in [-0.15, -0.1) is 0 Å². The first kappa shape index (κ1) is 15.7. The second kappa shape index (κ2) is 7.96. The minimum Gasteiger partial charge on any atom is -0.472 e. The molecule has 1 aromatic heterocycles. The highest BCUT2D eigenvalue weighted by Gasteiger charge is 2.02. The van der Waals surface area contributed by atoms with E-state index in [1.54, 1.807) is 12.4 Å². The van der Waals surface area contributed by atoms with E-state index in [2.05, 4.69) is 29.1 Å². The summed E-state index contributed by atoms with van der Waals surface area (Å²) in [6.07, 6.45) is 3.37. The van der Waals surface area contributed by atoms with Gasteiger partial charge in [0.05, 0.1) is 11.9 Å². The third kappa shape index (κ3) is 5.69. The zero-order valence-corrected chi connectivity index (χ0v) is 13.1. The molecule has 0 unspecified atom stereocenters. The van der Waals surface area contributed by atoms with Crippen molar-refractivity contribution in [2.75, 3.05) is 6.54 Å². The van der Waals surface area contributed by atoms with Gasteiger partial charge in [0.15, 0.2) is 0 Å². The Labute approximate surface area is 130 Å². The molecular weight excluding hydrogens is 286 g/mol. The fourth-order valence-corrected chi connectivity index (χ4v) is 2.03. The molecule has 21 heavy (non-hydrogen) atoms. The Morgan fingerprint density at radius 1 is 1.29 bits per heavy atom. The van der Waals surface area contributed by atoms with Crippen molar-refractivity contribution in [3.8, 4) is 5.88 Å². The predicted molar refractivity (Wildman–Crippen MR) is 84.4 cm³/mol. The van der Waals surface area contributed by atoms with Crippen molar-refractivity contribution in [3.05, 3.63) is 52.9 Å². The molecule has 0 fully saturated rings. The number of nitrogens with zero attached hydrogens (tertiary/aromatic N) is 2. The van der Waals surface area contributed by atoms with Crippen molar-refractivity contribution in [2.24, 2.45) is 5.92 Å². The first-order valence-electron chi connectivity index (χ1n) is 7.02. The maximum atomic E-state index is 5.94. The van der Waals surface area contributed by atoms with Crippen LogP contribution in [0.3, 0.4) is 0 Å². The van der Waals surface area contributed by atoms with Crippen LogP contribution in [0.5, 0.6) is 5.88 Å². The summed E-state index contributed by atoms with van der Waals surface area (Å²) in [5.41, 5.74) is 1.88. The summed E-state index contributed by atoms with van der Waals surface area (Å²) in [5, 5.41) is 4.04. The minimum atomic E-state index is 0.429. The lowest BCUT2D eigenvalue weighted by molar-refractivity contribution is 0.291. The van der Waals surface area contributed by atoms with Crippen LogP contribution in [-0.4, -0.2) is 16.5 Å². The predicted octanol–water partition coefficient (Wildman–Crippen LogP) is 3.45. The fourth-order valence-electron chi connectivity index (χ4n) is 1.81. The Morgan fingerprint density at radius 3 is 2.90 bits per heavy atom. The summed E-state index contributed by atoms with van der Waals surface area (Å²) in [6, 6.07) is 7.58. The van der Waals surface area contributed by atoms with Gasteiger partial charge in [-0.25, -0.2) is 4.98 Å². The molecule has 1 aromatic carbocycles. The van der Waals surface area contributed by atoms with Gasteiger partial charge < -0.3 is 10.1 Å². The van der Waals surface area contributed by atoms with E-state index in [1.165, 1.54) is 0 Å². The lowest BCUT2D eigenvalue weighted by Crippen LogP contribution is -2.19. The summed E-state index contributed by atoms with van der Waals surface area (Å²) >= 11 is 5.94. The first-order valence-corrected chi connectivity index (χ1v) is 7.40. The monoisotopic (exact) mass is 305 g/mol. The molecular formula is C16H20ClN3O. The average Bonchev–Trinajstić information content (AvgIpc) is 2.45. The van der Waals surface area contributed by atoms with Crippen LogP contribution in [0.25, 0.3) is 0 Å². The number of ether oxygens (including phenoxy) is 1. The summed E-state index contributed by atoms with van der Waals surface area (Å²) < 4.78 is 5.66. The molecule has 0 amide bonds. The molecule has 112 valence electrons. The largest absolute Gasteiger partial charge is 0.472 e. The lowest BCUT2D eigenvalue weighted by atomic mass is 10.2. The Kier molecular flexibility index (Phi) is 5.96. The number of hydrogen-bond donors (Lipinski definition) is 1. The first-order chi connectivity index (χ1) is 10.1. The Balaban J connectivity index is 1.88. The molecule has 0 saturated heterocycles. The third-order valence-electron chi connectivity index (χ3n) is 2.80. The van der Waals surface area contributed by atoms with Gasteiger partial charge in [0.1, 0.15) is 6.61 Å². The highest BCUT2D eigenvalue weighted by molar-refractivity contribution is 6.30. The van der Waals surface area contributed by atoms with E-state index in [0.29, 0.717) is 30.0 Å². The quantitative estimate of drug-likeness (QED) is 0.851. The number of aromatic nitrogens is 2. The molecule has 5 heteroatoms. The van der Waals surface area contributed by atoms with Crippen molar-refractivity contribution in [3.63, 3.8) is 0 Å². The molecule has 0 radical (unpaired) electrons. The molecule has 0 aliphatic carbocycles. The molecule has 0 aliphatic rings. The Hall–Kier alpha value is -1.65. The van der Waals surface area contributed by atoms with Gasteiger partial charge in [-0.2, -0.15) is 0 Å². The van der Waals surface area contributed by atoms with E-state index in [9.17, 15) is 0 Å². The van der Waals surface area contributed by atoms with Crippen molar-refractivity contribution < 1.29 is 4.74 Å². The van der Waals surface area contributed by atoms with Gasteiger partial charge in [0.25, 0.3) is 0 Å². The van der Waals surface area contributed by atoms with Crippen LogP contribution in [0.4, 0.5) is 0 Å². The van der Waals surface area contributed by atoms with E-state index in [1.807, 2.05) is 24.3 Å². The van der Waals surface area contributed by atoms with Crippen molar-refractivity contribution >= 4 is 11.6 Å². The normalized spacial score (nSPS) is 10.9. The van der Waals surface area contributed by atoms with Crippen LogP contribution in [0.15, 0.2) is 36.7 Å². The van der Waals surface area contributed by atoms with E-state index in [4.69, 9.17) is 16.3 Å². The maximum absolute atomic E-state index is 5.94. The third-order valence-corrected chi connectivity index (χ3v) is 3.03. The van der Waals surface area contributed by atoms with Gasteiger partial charge in [0.2, 0.25) is 5.88 Å². The standard InChI is InChI=1S/C16H20ClN3O/c1-12(2)7-18-8-15-9-19-10-16(20-15)21-11-13-4-3-5-14(17)6-13/h3-6,9-10,12,18H,7-8,11H2,1-2H3. The summed E-state index contributed by atoms with van der Waals surface area (Å²) in [6.45, 7) is 6.42. The van der Waals surface area contributed by atoms with E-state index < -0.39 is 0 Å². The highest BCUT2D eigenvalue weighted by Crippen LogP contribution is 2.13. The molecule has 2 aromatic rings. The summed E-state index contributed by atoms with van der Waals surface area (Å²) in [7, 11) is 0. The Morgan fingerprint density at radius 2 is 2.14 bits per heavy atom. The molecule has 2 rings (SSSR count). The average molecular weight is 306 g/mol. The molecule has 0 aliphatic heterocycles. The molecule has 4 nitrogen and oxygen atoms in total. The van der Waals surface area contributed by atoms with Crippen LogP contribution in [0, 0.1) is 5.92 Å². The molecule has 0 atom stereocenters. The van der Waals surface area contributed by atoms with Crippen LogP contribution in [0.1, 0.15) is 25.1 Å². The number of rotatable bonds is 7. The van der Waals surface area contributed by atoms with Gasteiger partial charge in [-0.3, -0.25) is 4.98 Å². The number of halogens is 1.